The molecule has 0 radical (unpaired) electrons. The molecule has 8 nitrogen and oxygen atoms in total. The van der Waals surface area contributed by atoms with Crippen molar-refractivity contribution < 1.29 is 23.9 Å². The fraction of sp³-hybridized carbons (Fsp3) is 0.833. The van der Waals surface area contributed by atoms with Gasteiger partial charge in [0.15, 0.2) is 5.78 Å². The number of ether oxygens (including phenoxy) is 2. The minimum absolute atomic E-state index is 0.0588. The summed E-state index contributed by atoms with van der Waals surface area (Å²) in [5.41, 5.74) is 11.7. The molecule has 1 unspecified atom stereocenters. The summed E-state index contributed by atoms with van der Waals surface area (Å²) < 4.78 is 10.4. The summed E-state index contributed by atoms with van der Waals surface area (Å²) in [5, 5.41) is 2.65. The van der Waals surface area contributed by atoms with Crippen LogP contribution < -0.4 is 16.8 Å². The van der Waals surface area contributed by atoms with E-state index in [2.05, 4.69) is 12.2 Å². The normalized spacial score (nSPS) is 23.9. The quantitative estimate of drug-likeness (QED) is 0.354. The Morgan fingerprint density at radius 3 is 2.46 bits per heavy atom. The highest BCUT2D eigenvalue weighted by Crippen LogP contribution is 2.19. The van der Waals surface area contributed by atoms with Crippen LogP contribution in [0.5, 0.6) is 0 Å². The van der Waals surface area contributed by atoms with E-state index >= 15 is 0 Å². The van der Waals surface area contributed by atoms with E-state index in [4.69, 9.17) is 20.9 Å². The topological polar surface area (TPSA) is 134 Å². The maximum absolute atomic E-state index is 11.9. The number of esters is 1. The second kappa shape index (κ2) is 12.0. The average molecular weight is 371 g/mol. The van der Waals surface area contributed by atoms with Crippen molar-refractivity contribution >= 4 is 17.7 Å². The number of rotatable bonds is 11. The van der Waals surface area contributed by atoms with Crippen molar-refractivity contribution in [3.05, 3.63) is 0 Å². The van der Waals surface area contributed by atoms with Crippen molar-refractivity contribution in [2.24, 2.45) is 11.5 Å². The lowest BCUT2D eigenvalue weighted by Gasteiger charge is -2.31. The zero-order valence-electron chi connectivity index (χ0n) is 15.9. The Bertz CT molecular complexity index is 472. The molecule has 0 aromatic carbocycles. The van der Waals surface area contributed by atoms with Gasteiger partial charge in [-0.15, -0.1) is 0 Å². The van der Waals surface area contributed by atoms with Crippen LogP contribution >= 0.6 is 0 Å². The highest BCUT2D eigenvalue weighted by atomic mass is 16.6. The number of amides is 1. The second-order valence-electron chi connectivity index (χ2n) is 6.97. The number of Topliss-reactive ketones (excluding diaryl/α,β-unsaturated/α-hetero) is 1. The van der Waals surface area contributed by atoms with E-state index in [1.165, 1.54) is 6.92 Å². The number of carbonyl (C=O) groups is 3. The molecule has 150 valence electrons. The molecule has 0 spiro atoms. The van der Waals surface area contributed by atoms with Gasteiger partial charge < -0.3 is 26.3 Å². The van der Waals surface area contributed by atoms with E-state index in [-0.39, 0.29) is 37.2 Å². The summed E-state index contributed by atoms with van der Waals surface area (Å²) in [6.45, 7) is 2.92. The summed E-state index contributed by atoms with van der Waals surface area (Å²) in [5.74, 6) is -1.03. The molecule has 4 atom stereocenters. The van der Waals surface area contributed by atoms with Gasteiger partial charge in [-0.05, 0) is 26.2 Å². The van der Waals surface area contributed by atoms with E-state index in [0.717, 1.165) is 19.3 Å². The van der Waals surface area contributed by atoms with Gasteiger partial charge in [0.05, 0.1) is 6.04 Å². The largest absolute Gasteiger partial charge is 0.461 e. The lowest BCUT2D eigenvalue weighted by Crippen LogP contribution is -2.48. The molecule has 0 aliphatic heterocycles. The third-order valence-corrected chi connectivity index (χ3v) is 4.58. The number of nitrogens with two attached hydrogens (primary N) is 2. The highest BCUT2D eigenvalue weighted by Gasteiger charge is 2.27. The SMILES string of the molecule is CCCCCC(NC(=O)COCC(=O)O[C@@H]1CC[C@@H](N)[C@H](N)C1)C(C)=O. The van der Waals surface area contributed by atoms with Crippen LogP contribution in [0.15, 0.2) is 0 Å². The smallest absolute Gasteiger partial charge is 0.332 e. The van der Waals surface area contributed by atoms with Crippen LogP contribution in [0.25, 0.3) is 0 Å². The van der Waals surface area contributed by atoms with Crippen LogP contribution in [0.2, 0.25) is 0 Å². The van der Waals surface area contributed by atoms with Crippen LogP contribution in [0.3, 0.4) is 0 Å². The molecule has 5 N–H and O–H groups in total. The molecule has 0 saturated heterocycles. The zero-order valence-corrected chi connectivity index (χ0v) is 15.9. The van der Waals surface area contributed by atoms with Gasteiger partial charge in [-0.25, -0.2) is 4.79 Å². The first-order valence-corrected chi connectivity index (χ1v) is 9.41. The summed E-state index contributed by atoms with van der Waals surface area (Å²) >= 11 is 0. The molecule has 8 heteroatoms. The van der Waals surface area contributed by atoms with E-state index in [1.54, 1.807) is 0 Å². The Morgan fingerprint density at radius 1 is 1.12 bits per heavy atom. The number of hydrogen-bond acceptors (Lipinski definition) is 7. The Kier molecular flexibility index (Phi) is 10.4. The first kappa shape index (κ1) is 22.5. The minimum atomic E-state index is -0.531. The molecule has 26 heavy (non-hydrogen) atoms. The molecule has 0 heterocycles. The van der Waals surface area contributed by atoms with E-state index in [9.17, 15) is 14.4 Å². The molecule has 0 aromatic heterocycles. The molecule has 1 aliphatic carbocycles. The fourth-order valence-corrected chi connectivity index (χ4v) is 2.95. The first-order valence-electron chi connectivity index (χ1n) is 9.41. The van der Waals surface area contributed by atoms with Gasteiger partial charge in [-0.3, -0.25) is 9.59 Å². The lowest BCUT2D eigenvalue weighted by atomic mass is 9.89. The van der Waals surface area contributed by atoms with Gasteiger partial charge in [-0.1, -0.05) is 26.2 Å². The zero-order chi connectivity index (χ0) is 19.5. The van der Waals surface area contributed by atoms with Crippen molar-refractivity contribution in [2.75, 3.05) is 13.2 Å². The second-order valence-corrected chi connectivity index (χ2v) is 6.97. The van der Waals surface area contributed by atoms with Gasteiger partial charge in [-0.2, -0.15) is 0 Å². The van der Waals surface area contributed by atoms with Gasteiger partial charge in [0, 0.05) is 18.5 Å². The summed E-state index contributed by atoms with van der Waals surface area (Å²) in [4.78, 5) is 35.2. The van der Waals surface area contributed by atoms with Gasteiger partial charge in [0.2, 0.25) is 5.91 Å². The predicted molar refractivity (Wildman–Crippen MR) is 97.3 cm³/mol. The summed E-state index contributed by atoms with van der Waals surface area (Å²) in [7, 11) is 0. The molecular formula is C18H33N3O5. The molecule has 0 bridgehead atoms. The summed E-state index contributed by atoms with van der Waals surface area (Å²) in [6.07, 6.45) is 5.22. The molecule has 1 fully saturated rings. The highest BCUT2D eigenvalue weighted by molar-refractivity contribution is 5.87. The first-order chi connectivity index (χ1) is 12.3. The van der Waals surface area contributed by atoms with Gasteiger partial charge in [0.1, 0.15) is 19.3 Å². The van der Waals surface area contributed by atoms with Crippen LogP contribution in [-0.2, 0) is 23.9 Å². The maximum atomic E-state index is 11.9. The Hall–Kier alpha value is -1.51. The molecule has 1 amide bonds. The molecule has 1 saturated carbocycles. The number of carbonyl (C=O) groups excluding carboxylic acids is 3. The van der Waals surface area contributed by atoms with Crippen LogP contribution in [0.1, 0.15) is 58.8 Å². The van der Waals surface area contributed by atoms with Gasteiger partial charge >= 0.3 is 5.97 Å². The van der Waals surface area contributed by atoms with E-state index < -0.39 is 17.9 Å². The van der Waals surface area contributed by atoms with Gasteiger partial charge in [0.25, 0.3) is 0 Å². The molecule has 1 rings (SSSR count). The third-order valence-electron chi connectivity index (χ3n) is 4.58. The minimum Gasteiger partial charge on any atom is -0.461 e. The standard InChI is InChI=1S/C18H33N3O5/c1-3-4-5-6-16(12(2)22)21-17(23)10-25-11-18(24)26-13-7-8-14(19)15(20)9-13/h13-16H,3-11,19-20H2,1-2H3,(H,21,23)/t13-,14-,15-,16?/m1/s1. The molecule has 0 aromatic rings. The predicted octanol–water partition coefficient (Wildman–Crippen LogP) is 0.407. The number of unbranched alkanes of at least 4 members (excludes halogenated alkanes) is 2. The van der Waals surface area contributed by atoms with Crippen molar-refractivity contribution in [3.63, 3.8) is 0 Å². The Balaban J connectivity index is 2.23. The number of hydrogen-bond donors (Lipinski definition) is 3. The maximum Gasteiger partial charge on any atom is 0.332 e. The van der Waals surface area contributed by atoms with E-state index in [0.29, 0.717) is 25.7 Å². The molecule has 1 aliphatic rings. The average Bonchev–Trinajstić information content (AvgIpc) is 2.57. The Morgan fingerprint density at radius 2 is 1.85 bits per heavy atom. The van der Waals surface area contributed by atoms with Crippen molar-refractivity contribution in [1.29, 1.82) is 0 Å². The van der Waals surface area contributed by atoms with Crippen LogP contribution in [-0.4, -0.2) is 55.1 Å². The van der Waals surface area contributed by atoms with Crippen molar-refractivity contribution in [2.45, 2.75) is 83.0 Å². The van der Waals surface area contributed by atoms with E-state index in [1.807, 2.05) is 0 Å². The third kappa shape index (κ3) is 8.73. The monoisotopic (exact) mass is 371 g/mol. The molecular weight excluding hydrogens is 338 g/mol. The number of ketones is 1. The Labute approximate surface area is 155 Å². The fourth-order valence-electron chi connectivity index (χ4n) is 2.95. The van der Waals surface area contributed by atoms with Crippen molar-refractivity contribution in [1.82, 2.24) is 5.32 Å². The lowest BCUT2D eigenvalue weighted by molar-refractivity contribution is -0.157. The van der Waals surface area contributed by atoms with Crippen LogP contribution in [0.4, 0.5) is 0 Å². The van der Waals surface area contributed by atoms with Crippen molar-refractivity contribution in [3.8, 4) is 0 Å². The van der Waals surface area contributed by atoms with Crippen LogP contribution in [0, 0.1) is 0 Å². The number of nitrogens with one attached hydrogen (secondary N) is 1. The summed E-state index contributed by atoms with van der Waals surface area (Å²) in [6, 6.07) is -0.738.